The predicted molar refractivity (Wildman–Crippen MR) is 58.9 cm³/mol. The summed E-state index contributed by atoms with van der Waals surface area (Å²) in [4.78, 5) is 2.45. The lowest BCUT2D eigenvalue weighted by Crippen LogP contribution is -2.37. The molecule has 0 saturated carbocycles. The molecule has 1 aliphatic heterocycles. The van der Waals surface area contributed by atoms with Crippen molar-refractivity contribution in [1.82, 2.24) is 4.90 Å². The van der Waals surface area contributed by atoms with Crippen molar-refractivity contribution in [2.75, 3.05) is 19.6 Å². The van der Waals surface area contributed by atoms with Gasteiger partial charge < -0.3 is 10.0 Å². The van der Waals surface area contributed by atoms with Gasteiger partial charge >= 0.3 is 0 Å². The third-order valence-corrected chi connectivity index (χ3v) is 3.11. The van der Waals surface area contributed by atoms with Crippen LogP contribution in [0.15, 0.2) is 0 Å². The van der Waals surface area contributed by atoms with Gasteiger partial charge in [0.25, 0.3) is 0 Å². The molecule has 2 nitrogen and oxygen atoms in total. The van der Waals surface area contributed by atoms with Crippen LogP contribution in [0.25, 0.3) is 0 Å². The van der Waals surface area contributed by atoms with Crippen molar-refractivity contribution in [2.45, 2.75) is 38.7 Å². The first-order valence-electron chi connectivity index (χ1n) is 5.58. The number of rotatable bonds is 4. The Labute approximate surface area is 87.3 Å². The van der Waals surface area contributed by atoms with Crippen LogP contribution in [0.4, 0.5) is 0 Å². The zero-order chi connectivity index (χ0) is 10.4. The van der Waals surface area contributed by atoms with E-state index in [9.17, 15) is 5.11 Å². The van der Waals surface area contributed by atoms with Crippen LogP contribution in [-0.4, -0.2) is 35.7 Å². The fraction of sp³-hybridized carbons (Fsp3) is 0.833. The highest BCUT2D eigenvalue weighted by Crippen LogP contribution is 2.20. The third kappa shape index (κ3) is 3.69. The van der Waals surface area contributed by atoms with E-state index in [4.69, 9.17) is 6.42 Å². The maximum atomic E-state index is 9.43. The molecule has 0 aliphatic carbocycles. The minimum Gasteiger partial charge on any atom is -0.393 e. The lowest BCUT2D eigenvalue weighted by molar-refractivity contribution is 0.0717. The Morgan fingerprint density at radius 3 is 2.64 bits per heavy atom. The molecule has 0 amide bonds. The molecule has 0 spiro atoms. The van der Waals surface area contributed by atoms with E-state index in [1.807, 2.05) is 6.92 Å². The second kappa shape index (κ2) is 6.06. The number of terminal acetylenes is 1. The number of piperidine rings is 1. The van der Waals surface area contributed by atoms with Gasteiger partial charge in [0.1, 0.15) is 0 Å². The van der Waals surface area contributed by atoms with Crippen LogP contribution >= 0.6 is 0 Å². The Balaban J connectivity index is 2.13. The standard InChI is InChI=1S/C12H21NO/c1-3-4-5-8-13-9-6-12(7-10-13)11(2)14/h1,11-12,14H,4-10H2,2H3. The summed E-state index contributed by atoms with van der Waals surface area (Å²) in [6, 6.07) is 0. The molecule has 2 heteroatoms. The summed E-state index contributed by atoms with van der Waals surface area (Å²) >= 11 is 0. The molecule has 1 rings (SSSR count). The van der Waals surface area contributed by atoms with Gasteiger partial charge in [-0.25, -0.2) is 0 Å². The SMILES string of the molecule is C#CCCCN1CCC(C(C)O)CC1. The minimum atomic E-state index is -0.136. The molecular formula is C12H21NO. The number of aliphatic hydroxyl groups is 1. The number of nitrogens with zero attached hydrogens (tertiary/aromatic N) is 1. The average Bonchev–Trinajstić information content (AvgIpc) is 2.19. The highest BCUT2D eigenvalue weighted by atomic mass is 16.3. The van der Waals surface area contributed by atoms with Crippen LogP contribution in [0, 0.1) is 18.3 Å². The first-order chi connectivity index (χ1) is 6.74. The van der Waals surface area contributed by atoms with E-state index in [0.29, 0.717) is 5.92 Å². The molecule has 0 aromatic rings. The Morgan fingerprint density at radius 2 is 2.14 bits per heavy atom. The van der Waals surface area contributed by atoms with Gasteiger partial charge in [-0.05, 0) is 51.7 Å². The van der Waals surface area contributed by atoms with E-state index >= 15 is 0 Å². The van der Waals surface area contributed by atoms with E-state index in [-0.39, 0.29) is 6.10 Å². The molecule has 1 heterocycles. The molecule has 80 valence electrons. The van der Waals surface area contributed by atoms with Crippen molar-refractivity contribution in [3.05, 3.63) is 0 Å². The number of aliphatic hydroxyl groups excluding tert-OH is 1. The van der Waals surface area contributed by atoms with Crippen molar-refractivity contribution >= 4 is 0 Å². The van der Waals surface area contributed by atoms with Gasteiger partial charge in [0.2, 0.25) is 0 Å². The molecule has 0 bridgehead atoms. The van der Waals surface area contributed by atoms with Crippen molar-refractivity contribution in [1.29, 1.82) is 0 Å². The Bertz CT molecular complexity index is 187. The van der Waals surface area contributed by atoms with E-state index in [1.54, 1.807) is 0 Å². The number of hydrogen-bond acceptors (Lipinski definition) is 2. The first-order valence-corrected chi connectivity index (χ1v) is 5.58. The molecule has 0 aromatic carbocycles. The van der Waals surface area contributed by atoms with Crippen LogP contribution in [-0.2, 0) is 0 Å². The minimum absolute atomic E-state index is 0.136. The van der Waals surface area contributed by atoms with Gasteiger partial charge in [0.15, 0.2) is 0 Å². The highest BCUT2D eigenvalue weighted by Gasteiger charge is 2.21. The van der Waals surface area contributed by atoms with Crippen LogP contribution in [0.2, 0.25) is 0 Å². The molecule has 0 aromatic heterocycles. The summed E-state index contributed by atoms with van der Waals surface area (Å²) in [6.07, 6.45) is 9.33. The lowest BCUT2D eigenvalue weighted by Gasteiger charge is -2.33. The van der Waals surface area contributed by atoms with E-state index < -0.39 is 0 Å². The topological polar surface area (TPSA) is 23.5 Å². The second-order valence-electron chi connectivity index (χ2n) is 4.23. The predicted octanol–water partition coefficient (Wildman–Crippen LogP) is 1.49. The average molecular weight is 195 g/mol. The third-order valence-electron chi connectivity index (χ3n) is 3.11. The van der Waals surface area contributed by atoms with Crippen LogP contribution < -0.4 is 0 Å². The fourth-order valence-corrected chi connectivity index (χ4v) is 2.06. The monoisotopic (exact) mass is 195 g/mol. The smallest absolute Gasteiger partial charge is 0.0541 e. The lowest BCUT2D eigenvalue weighted by atomic mass is 9.92. The number of unbranched alkanes of at least 4 members (excludes halogenated alkanes) is 1. The summed E-state index contributed by atoms with van der Waals surface area (Å²) in [5, 5.41) is 9.43. The van der Waals surface area contributed by atoms with Gasteiger partial charge in [0, 0.05) is 6.42 Å². The molecule has 1 saturated heterocycles. The number of likely N-dealkylation sites (tertiary alicyclic amines) is 1. The largest absolute Gasteiger partial charge is 0.393 e. The molecule has 1 atom stereocenters. The van der Waals surface area contributed by atoms with Gasteiger partial charge in [-0.15, -0.1) is 12.3 Å². The Kier molecular flexibility index (Phi) is 5.00. The zero-order valence-electron chi connectivity index (χ0n) is 9.08. The molecule has 1 N–H and O–H groups in total. The van der Waals surface area contributed by atoms with Gasteiger partial charge in [-0.3, -0.25) is 0 Å². The Hall–Kier alpha value is -0.520. The van der Waals surface area contributed by atoms with Crippen molar-refractivity contribution in [2.24, 2.45) is 5.92 Å². The van der Waals surface area contributed by atoms with Gasteiger partial charge in [-0.2, -0.15) is 0 Å². The molecule has 14 heavy (non-hydrogen) atoms. The van der Waals surface area contributed by atoms with Crippen LogP contribution in [0.1, 0.15) is 32.6 Å². The molecule has 0 radical (unpaired) electrons. The summed E-state index contributed by atoms with van der Waals surface area (Å²) in [5.74, 6) is 3.18. The maximum Gasteiger partial charge on any atom is 0.0541 e. The van der Waals surface area contributed by atoms with E-state index in [0.717, 1.165) is 45.3 Å². The second-order valence-corrected chi connectivity index (χ2v) is 4.23. The highest BCUT2D eigenvalue weighted by molar-refractivity contribution is 4.84. The molecular weight excluding hydrogens is 174 g/mol. The molecule has 1 unspecified atom stereocenters. The molecule has 1 aliphatic rings. The van der Waals surface area contributed by atoms with Gasteiger partial charge in [-0.1, -0.05) is 0 Å². The summed E-state index contributed by atoms with van der Waals surface area (Å²) in [7, 11) is 0. The van der Waals surface area contributed by atoms with Crippen molar-refractivity contribution < 1.29 is 5.11 Å². The zero-order valence-corrected chi connectivity index (χ0v) is 9.08. The van der Waals surface area contributed by atoms with E-state index in [1.165, 1.54) is 0 Å². The van der Waals surface area contributed by atoms with Gasteiger partial charge in [0.05, 0.1) is 6.10 Å². The fourth-order valence-electron chi connectivity index (χ4n) is 2.06. The number of hydrogen-bond donors (Lipinski definition) is 1. The van der Waals surface area contributed by atoms with Crippen LogP contribution in [0.3, 0.4) is 0 Å². The molecule has 1 fully saturated rings. The normalized spacial score (nSPS) is 21.8. The first kappa shape index (κ1) is 11.6. The summed E-state index contributed by atoms with van der Waals surface area (Å²) in [5.41, 5.74) is 0. The Morgan fingerprint density at radius 1 is 1.50 bits per heavy atom. The van der Waals surface area contributed by atoms with Crippen molar-refractivity contribution in [3.8, 4) is 12.3 Å². The quantitative estimate of drug-likeness (QED) is 0.543. The van der Waals surface area contributed by atoms with E-state index in [2.05, 4.69) is 10.8 Å². The van der Waals surface area contributed by atoms with Crippen LogP contribution in [0.5, 0.6) is 0 Å². The summed E-state index contributed by atoms with van der Waals surface area (Å²) in [6.45, 7) is 5.27. The van der Waals surface area contributed by atoms with Crippen molar-refractivity contribution in [3.63, 3.8) is 0 Å². The summed E-state index contributed by atoms with van der Waals surface area (Å²) < 4.78 is 0. The maximum absolute atomic E-state index is 9.43.